The predicted molar refractivity (Wildman–Crippen MR) is 79.4 cm³/mol. The molecule has 0 fully saturated rings. The summed E-state index contributed by atoms with van der Waals surface area (Å²) in [5, 5.41) is 4.23. The van der Waals surface area contributed by atoms with Crippen LogP contribution in [0.5, 0.6) is 11.5 Å². The second kappa shape index (κ2) is 6.43. The minimum absolute atomic E-state index is 0.787. The van der Waals surface area contributed by atoms with Crippen molar-refractivity contribution in [1.29, 1.82) is 0 Å². The van der Waals surface area contributed by atoms with Gasteiger partial charge in [-0.2, -0.15) is 0 Å². The first-order valence-corrected chi connectivity index (χ1v) is 7.02. The smallest absolute Gasteiger partial charge is 0.183 e. The molecule has 1 aromatic carbocycles. The summed E-state index contributed by atoms with van der Waals surface area (Å²) in [5.41, 5.74) is 1.03. The minimum atomic E-state index is 0.787. The molecule has 0 spiro atoms. The predicted octanol–water partition coefficient (Wildman–Crippen LogP) is 3.65. The number of anilines is 1. The molecule has 1 N–H and O–H groups in total. The monoisotopic (exact) mass is 278 g/mol. The summed E-state index contributed by atoms with van der Waals surface area (Å²) in [6.07, 6.45) is 2.95. The molecule has 4 nitrogen and oxygen atoms in total. The van der Waals surface area contributed by atoms with Crippen molar-refractivity contribution in [3.05, 3.63) is 24.4 Å². The molecular weight excluding hydrogens is 260 g/mol. The minimum Gasteiger partial charge on any atom is -0.497 e. The molecule has 19 heavy (non-hydrogen) atoms. The van der Waals surface area contributed by atoms with Crippen molar-refractivity contribution in [3.63, 3.8) is 0 Å². The number of aromatic nitrogens is 1. The third-order valence-electron chi connectivity index (χ3n) is 2.71. The summed E-state index contributed by atoms with van der Waals surface area (Å²) < 4.78 is 10.6. The standard InChI is InChI=1S/C14H18N2O2S/c1-4-7-15-14-16-9-13(19-14)11-6-5-10(17-2)8-12(11)18-3/h5-6,8-9H,4,7H2,1-3H3,(H,15,16). The van der Waals surface area contributed by atoms with Gasteiger partial charge in [0.1, 0.15) is 11.5 Å². The molecular formula is C14H18N2O2S. The van der Waals surface area contributed by atoms with E-state index in [2.05, 4.69) is 17.2 Å². The average Bonchev–Trinajstić information content (AvgIpc) is 2.92. The van der Waals surface area contributed by atoms with Crippen LogP contribution in [0, 0.1) is 0 Å². The summed E-state index contributed by atoms with van der Waals surface area (Å²) >= 11 is 1.63. The number of nitrogens with zero attached hydrogens (tertiary/aromatic N) is 1. The Labute approximate surface area is 117 Å². The van der Waals surface area contributed by atoms with Crippen molar-refractivity contribution in [2.24, 2.45) is 0 Å². The van der Waals surface area contributed by atoms with Gasteiger partial charge in [-0.3, -0.25) is 0 Å². The highest BCUT2D eigenvalue weighted by Crippen LogP contribution is 2.37. The lowest BCUT2D eigenvalue weighted by molar-refractivity contribution is 0.395. The fourth-order valence-corrected chi connectivity index (χ4v) is 2.59. The number of benzene rings is 1. The Morgan fingerprint density at radius 1 is 1.26 bits per heavy atom. The van der Waals surface area contributed by atoms with Crippen LogP contribution in [0.1, 0.15) is 13.3 Å². The van der Waals surface area contributed by atoms with Gasteiger partial charge in [-0.25, -0.2) is 4.98 Å². The van der Waals surface area contributed by atoms with Crippen molar-refractivity contribution in [3.8, 4) is 21.9 Å². The molecule has 1 heterocycles. The highest BCUT2D eigenvalue weighted by Gasteiger charge is 2.10. The van der Waals surface area contributed by atoms with Crippen LogP contribution in [0.15, 0.2) is 24.4 Å². The van der Waals surface area contributed by atoms with Gasteiger partial charge >= 0.3 is 0 Å². The Bertz CT molecular complexity index is 540. The Morgan fingerprint density at radius 2 is 2.11 bits per heavy atom. The zero-order valence-corrected chi connectivity index (χ0v) is 12.2. The molecule has 0 amide bonds. The average molecular weight is 278 g/mol. The number of hydrogen-bond donors (Lipinski definition) is 1. The largest absolute Gasteiger partial charge is 0.497 e. The van der Waals surface area contributed by atoms with Crippen LogP contribution >= 0.6 is 11.3 Å². The van der Waals surface area contributed by atoms with E-state index in [-0.39, 0.29) is 0 Å². The normalized spacial score (nSPS) is 10.3. The molecule has 0 aliphatic carbocycles. The quantitative estimate of drug-likeness (QED) is 0.876. The van der Waals surface area contributed by atoms with Gasteiger partial charge in [-0.1, -0.05) is 18.3 Å². The van der Waals surface area contributed by atoms with Gasteiger partial charge in [-0.05, 0) is 18.6 Å². The van der Waals surface area contributed by atoms with Crippen LogP contribution < -0.4 is 14.8 Å². The molecule has 0 aliphatic heterocycles. The van der Waals surface area contributed by atoms with Crippen LogP contribution in [0.4, 0.5) is 5.13 Å². The van der Waals surface area contributed by atoms with Crippen molar-refractivity contribution >= 4 is 16.5 Å². The second-order valence-electron chi connectivity index (χ2n) is 4.02. The molecule has 0 radical (unpaired) electrons. The van der Waals surface area contributed by atoms with Crippen LogP contribution in [0.25, 0.3) is 10.4 Å². The van der Waals surface area contributed by atoms with Gasteiger partial charge in [0.2, 0.25) is 0 Å². The van der Waals surface area contributed by atoms with E-state index in [1.165, 1.54) is 0 Å². The van der Waals surface area contributed by atoms with Crippen molar-refractivity contribution < 1.29 is 9.47 Å². The second-order valence-corrected chi connectivity index (χ2v) is 5.05. The molecule has 5 heteroatoms. The zero-order chi connectivity index (χ0) is 13.7. The van der Waals surface area contributed by atoms with E-state index in [0.29, 0.717) is 0 Å². The van der Waals surface area contributed by atoms with Crippen molar-refractivity contribution in [2.45, 2.75) is 13.3 Å². The highest BCUT2D eigenvalue weighted by molar-refractivity contribution is 7.18. The van der Waals surface area contributed by atoms with E-state index in [1.54, 1.807) is 25.6 Å². The third-order valence-corrected chi connectivity index (χ3v) is 3.69. The first kappa shape index (κ1) is 13.7. The Hall–Kier alpha value is -1.75. The summed E-state index contributed by atoms with van der Waals surface area (Å²) in [5.74, 6) is 1.58. The topological polar surface area (TPSA) is 43.4 Å². The first-order valence-electron chi connectivity index (χ1n) is 6.20. The van der Waals surface area contributed by atoms with E-state index < -0.39 is 0 Å². The van der Waals surface area contributed by atoms with E-state index in [0.717, 1.165) is 40.0 Å². The molecule has 0 saturated heterocycles. The van der Waals surface area contributed by atoms with Gasteiger partial charge in [0.25, 0.3) is 0 Å². The fraction of sp³-hybridized carbons (Fsp3) is 0.357. The maximum absolute atomic E-state index is 5.41. The van der Waals surface area contributed by atoms with Gasteiger partial charge in [0, 0.05) is 24.4 Å². The molecule has 0 unspecified atom stereocenters. The lowest BCUT2D eigenvalue weighted by Crippen LogP contribution is -1.97. The molecule has 0 aliphatic rings. The van der Waals surface area contributed by atoms with Crippen LogP contribution in [0.2, 0.25) is 0 Å². The molecule has 1 aromatic heterocycles. The molecule has 0 bridgehead atoms. The maximum atomic E-state index is 5.41. The van der Waals surface area contributed by atoms with Gasteiger partial charge in [-0.15, -0.1) is 0 Å². The molecule has 2 rings (SSSR count). The Morgan fingerprint density at radius 3 is 2.79 bits per heavy atom. The lowest BCUT2D eigenvalue weighted by atomic mass is 10.1. The van der Waals surface area contributed by atoms with Gasteiger partial charge in [0.15, 0.2) is 5.13 Å². The fourth-order valence-electron chi connectivity index (χ4n) is 1.71. The summed E-state index contributed by atoms with van der Waals surface area (Å²) in [6, 6.07) is 5.81. The number of rotatable bonds is 6. The van der Waals surface area contributed by atoms with Gasteiger partial charge < -0.3 is 14.8 Å². The van der Waals surface area contributed by atoms with Crippen molar-refractivity contribution in [2.75, 3.05) is 26.1 Å². The Kier molecular flexibility index (Phi) is 4.63. The number of hydrogen-bond acceptors (Lipinski definition) is 5. The number of ether oxygens (including phenoxy) is 2. The maximum Gasteiger partial charge on any atom is 0.183 e. The summed E-state index contributed by atoms with van der Waals surface area (Å²) in [6.45, 7) is 3.07. The van der Waals surface area contributed by atoms with E-state index in [4.69, 9.17) is 9.47 Å². The lowest BCUT2D eigenvalue weighted by Gasteiger charge is -2.08. The van der Waals surface area contributed by atoms with Crippen molar-refractivity contribution in [1.82, 2.24) is 4.98 Å². The summed E-state index contributed by atoms with van der Waals surface area (Å²) in [4.78, 5) is 5.45. The number of methoxy groups -OCH3 is 2. The molecule has 0 saturated carbocycles. The van der Waals surface area contributed by atoms with E-state index >= 15 is 0 Å². The zero-order valence-electron chi connectivity index (χ0n) is 11.4. The molecule has 102 valence electrons. The number of thiazole rings is 1. The van der Waals surface area contributed by atoms with Crippen LogP contribution in [-0.4, -0.2) is 25.7 Å². The van der Waals surface area contributed by atoms with E-state index in [1.807, 2.05) is 24.4 Å². The number of nitrogens with one attached hydrogen (secondary N) is 1. The third kappa shape index (κ3) is 3.17. The Balaban J connectivity index is 2.27. The molecule has 0 atom stereocenters. The molecule has 2 aromatic rings. The SMILES string of the molecule is CCCNc1ncc(-c2ccc(OC)cc2OC)s1. The van der Waals surface area contributed by atoms with Gasteiger partial charge in [0.05, 0.1) is 19.1 Å². The summed E-state index contributed by atoms with van der Waals surface area (Å²) in [7, 11) is 3.31. The van der Waals surface area contributed by atoms with Crippen LogP contribution in [0.3, 0.4) is 0 Å². The van der Waals surface area contributed by atoms with E-state index in [9.17, 15) is 0 Å². The van der Waals surface area contributed by atoms with Crippen LogP contribution in [-0.2, 0) is 0 Å². The first-order chi connectivity index (χ1) is 9.28. The highest BCUT2D eigenvalue weighted by atomic mass is 32.1.